The molecule has 1 N–H and O–H groups in total. The third-order valence-electron chi connectivity index (χ3n) is 4.06. The Balaban J connectivity index is 1.54. The number of Topliss-reactive ketones (excluding diaryl/α,β-unsaturated/α-hetero) is 1. The molecule has 3 rings (SSSR count). The van der Waals surface area contributed by atoms with E-state index in [2.05, 4.69) is 10.3 Å². The minimum atomic E-state index is -0.615. The van der Waals surface area contributed by atoms with Gasteiger partial charge in [0.1, 0.15) is 22.2 Å². The van der Waals surface area contributed by atoms with E-state index in [1.54, 1.807) is 55.5 Å². The predicted octanol–water partition coefficient (Wildman–Crippen LogP) is 4.68. The number of carbonyl (C=O) groups is 3. The summed E-state index contributed by atoms with van der Waals surface area (Å²) in [5, 5.41) is 3.84. The number of carbonyl (C=O) groups excluding carboxylic acids is 3. The summed E-state index contributed by atoms with van der Waals surface area (Å²) < 4.78 is 10.8. The van der Waals surface area contributed by atoms with E-state index in [1.807, 2.05) is 0 Å². The number of thiazole rings is 1. The van der Waals surface area contributed by atoms with Crippen molar-refractivity contribution in [2.75, 3.05) is 11.9 Å². The minimum Gasteiger partial charge on any atom is -0.486 e. The first-order valence-corrected chi connectivity index (χ1v) is 10.4. The monoisotopic (exact) mass is 458 g/mol. The van der Waals surface area contributed by atoms with Crippen molar-refractivity contribution in [2.24, 2.45) is 0 Å². The van der Waals surface area contributed by atoms with Crippen molar-refractivity contribution in [3.63, 3.8) is 0 Å². The number of aryl methyl sites for hydroxylation is 1. The van der Waals surface area contributed by atoms with Gasteiger partial charge in [-0.05, 0) is 55.5 Å². The lowest BCUT2D eigenvalue weighted by molar-refractivity contribution is -0.114. The van der Waals surface area contributed by atoms with Gasteiger partial charge in [0, 0.05) is 23.2 Å². The van der Waals surface area contributed by atoms with Gasteiger partial charge in [-0.1, -0.05) is 11.6 Å². The number of ether oxygens (including phenoxy) is 2. The molecule has 0 fully saturated rings. The second-order valence-electron chi connectivity index (χ2n) is 6.52. The van der Waals surface area contributed by atoms with Crippen LogP contribution in [0.3, 0.4) is 0 Å². The maximum atomic E-state index is 12.4. The van der Waals surface area contributed by atoms with Crippen molar-refractivity contribution in [3.8, 4) is 5.75 Å². The van der Waals surface area contributed by atoms with Crippen LogP contribution in [0.25, 0.3) is 0 Å². The van der Waals surface area contributed by atoms with E-state index in [9.17, 15) is 14.4 Å². The van der Waals surface area contributed by atoms with Gasteiger partial charge in [-0.15, -0.1) is 11.3 Å². The summed E-state index contributed by atoms with van der Waals surface area (Å²) in [4.78, 5) is 40.4. The number of hydrogen-bond acceptors (Lipinski definition) is 7. The lowest BCUT2D eigenvalue weighted by Crippen LogP contribution is -2.14. The smallest absolute Gasteiger partial charge is 0.350 e. The summed E-state index contributed by atoms with van der Waals surface area (Å²) >= 11 is 7.00. The molecule has 9 heteroatoms. The molecule has 0 unspecified atom stereocenters. The standard InChI is InChI=1S/C22H19ClN2O5S/c1-13-21(31-20(24-13)12-29-18-9-5-16(23)6-10-18)22(28)30-11-19(27)15-3-7-17(8-4-15)25-14(2)26/h3-10H,11-12H2,1-2H3,(H,25,26). The van der Waals surface area contributed by atoms with Gasteiger partial charge < -0.3 is 14.8 Å². The first-order chi connectivity index (χ1) is 14.8. The number of esters is 1. The third kappa shape index (κ3) is 6.37. The van der Waals surface area contributed by atoms with Crippen LogP contribution in [-0.4, -0.2) is 29.3 Å². The van der Waals surface area contributed by atoms with Crippen molar-refractivity contribution in [2.45, 2.75) is 20.5 Å². The summed E-state index contributed by atoms with van der Waals surface area (Å²) in [6.07, 6.45) is 0. The zero-order chi connectivity index (χ0) is 22.4. The Bertz CT molecular complexity index is 1090. The average molecular weight is 459 g/mol. The van der Waals surface area contributed by atoms with Crippen LogP contribution in [0.1, 0.15) is 37.7 Å². The zero-order valence-electron chi connectivity index (χ0n) is 16.8. The first kappa shape index (κ1) is 22.5. The molecular weight excluding hydrogens is 440 g/mol. The molecule has 0 aliphatic rings. The number of ketones is 1. The molecule has 0 saturated heterocycles. The van der Waals surface area contributed by atoms with Gasteiger partial charge in [0.2, 0.25) is 5.91 Å². The first-order valence-electron chi connectivity index (χ1n) is 9.24. The van der Waals surface area contributed by atoms with E-state index in [-0.39, 0.29) is 18.3 Å². The number of nitrogens with one attached hydrogen (secondary N) is 1. The van der Waals surface area contributed by atoms with Gasteiger partial charge in [-0.25, -0.2) is 9.78 Å². The Hall–Kier alpha value is -3.23. The molecule has 0 aliphatic carbocycles. The van der Waals surface area contributed by atoms with E-state index in [0.717, 1.165) is 11.3 Å². The number of amides is 1. The molecule has 3 aromatic rings. The maximum Gasteiger partial charge on any atom is 0.350 e. The normalized spacial score (nSPS) is 10.4. The van der Waals surface area contributed by atoms with Crippen molar-refractivity contribution < 1.29 is 23.9 Å². The van der Waals surface area contributed by atoms with Crippen LogP contribution in [-0.2, 0) is 16.1 Å². The van der Waals surface area contributed by atoms with Crippen LogP contribution >= 0.6 is 22.9 Å². The van der Waals surface area contributed by atoms with Crippen molar-refractivity contribution in [1.29, 1.82) is 0 Å². The SMILES string of the molecule is CC(=O)Nc1ccc(C(=O)COC(=O)c2sc(COc3ccc(Cl)cc3)nc2C)cc1. The largest absolute Gasteiger partial charge is 0.486 e. The van der Waals surface area contributed by atoms with E-state index in [1.165, 1.54) is 6.92 Å². The number of nitrogens with zero attached hydrogens (tertiary/aromatic N) is 1. The van der Waals surface area contributed by atoms with Crippen LogP contribution in [0, 0.1) is 6.92 Å². The highest BCUT2D eigenvalue weighted by atomic mass is 35.5. The highest BCUT2D eigenvalue weighted by Crippen LogP contribution is 2.22. The fraction of sp³-hybridized carbons (Fsp3) is 0.182. The fourth-order valence-electron chi connectivity index (χ4n) is 2.60. The summed E-state index contributed by atoms with van der Waals surface area (Å²) in [5.41, 5.74) is 1.46. The molecule has 1 aromatic heterocycles. The van der Waals surface area contributed by atoms with Crippen LogP contribution < -0.4 is 10.1 Å². The second kappa shape index (κ2) is 10.2. The maximum absolute atomic E-state index is 12.4. The molecule has 0 atom stereocenters. The number of halogens is 1. The predicted molar refractivity (Wildman–Crippen MR) is 118 cm³/mol. The average Bonchev–Trinajstić information content (AvgIpc) is 3.12. The number of hydrogen-bond donors (Lipinski definition) is 1. The van der Waals surface area contributed by atoms with Gasteiger partial charge in [-0.2, -0.15) is 0 Å². The molecule has 1 amide bonds. The van der Waals surface area contributed by atoms with E-state index in [0.29, 0.717) is 37.6 Å². The van der Waals surface area contributed by atoms with E-state index >= 15 is 0 Å². The highest BCUT2D eigenvalue weighted by Gasteiger charge is 2.19. The fourth-order valence-corrected chi connectivity index (χ4v) is 3.60. The van der Waals surface area contributed by atoms with E-state index in [4.69, 9.17) is 21.1 Å². The number of aromatic nitrogens is 1. The Morgan fingerprint density at radius 1 is 1.06 bits per heavy atom. The lowest BCUT2D eigenvalue weighted by Gasteiger charge is -2.05. The van der Waals surface area contributed by atoms with Crippen LogP contribution in [0.2, 0.25) is 5.02 Å². The molecule has 7 nitrogen and oxygen atoms in total. The molecule has 1 heterocycles. The quantitative estimate of drug-likeness (QED) is 0.389. The molecule has 160 valence electrons. The van der Waals surface area contributed by atoms with Gasteiger partial charge in [0.25, 0.3) is 0 Å². The van der Waals surface area contributed by atoms with Gasteiger partial charge in [0.15, 0.2) is 12.4 Å². The summed E-state index contributed by atoms with van der Waals surface area (Å²) in [7, 11) is 0. The topological polar surface area (TPSA) is 94.6 Å². The van der Waals surface area contributed by atoms with Crippen LogP contribution in [0.5, 0.6) is 5.75 Å². The molecule has 0 radical (unpaired) electrons. The minimum absolute atomic E-state index is 0.194. The van der Waals surface area contributed by atoms with Gasteiger partial charge in [-0.3, -0.25) is 9.59 Å². The highest BCUT2D eigenvalue weighted by molar-refractivity contribution is 7.13. The Labute approximate surface area is 188 Å². The molecule has 2 aromatic carbocycles. The zero-order valence-corrected chi connectivity index (χ0v) is 18.4. The van der Waals surface area contributed by atoms with Crippen molar-refractivity contribution in [1.82, 2.24) is 4.98 Å². The summed E-state index contributed by atoms with van der Waals surface area (Å²) in [6.45, 7) is 2.89. The van der Waals surface area contributed by atoms with Crippen molar-refractivity contribution in [3.05, 3.63) is 74.7 Å². The van der Waals surface area contributed by atoms with Gasteiger partial charge in [0.05, 0.1) is 5.69 Å². The van der Waals surface area contributed by atoms with Crippen molar-refractivity contribution >= 4 is 46.3 Å². The second-order valence-corrected chi connectivity index (χ2v) is 8.04. The van der Waals surface area contributed by atoms with E-state index < -0.39 is 12.6 Å². The molecular formula is C22H19ClN2O5S. The summed E-state index contributed by atoms with van der Waals surface area (Å²) in [6, 6.07) is 13.3. The molecule has 0 spiro atoms. The third-order valence-corrected chi connectivity index (χ3v) is 5.43. The number of anilines is 1. The van der Waals surface area contributed by atoms with Crippen LogP contribution in [0.4, 0.5) is 5.69 Å². The molecule has 31 heavy (non-hydrogen) atoms. The number of rotatable bonds is 8. The van der Waals surface area contributed by atoms with Gasteiger partial charge >= 0.3 is 5.97 Å². The Kier molecular flexibility index (Phi) is 7.38. The molecule has 0 aliphatic heterocycles. The Morgan fingerprint density at radius 3 is 2.39 bits per heavy atom. The molecule has 0 bridgehead atoms. The Morgan fingerprint density at radius 2 is 1.74 bits per heavy atom. The van der Waals surface area contributed by atoms with Crippen LogP contribution in [0.15, 0.2) is 48.5 Å². The summed E-state index contributed by atoms with van der Waals surface area (Å²) in [5.74, 6) is -0.533. The lowest BCUT2D eigenvalue weighted by atomic mass is 10.1. The molecule has 0 saturated carbocycles. The number of benzene rings is 2.